The summed E-state index contributed by atoms with van der Waals surface area (Å²) in [5.41, 5.74) is 4.02. The number of aromatic amines is 1. The average Bonchev–Trinajstić information content (AvgIpc) is 2.77. The normalized spacial score (nSPS) is 28.2. The number of nitrogens with zero attached hydrogens (tertiary/aromatic N) is 1. The number of rotatable bonds is 2. The minimum Gasteiger partial charge on any atom is -0.384 e. The third kappa shape index (κ3) is 1.49. The van der Waals surface area contributed by atoms with Gasteiger partial charge in [-0.25, -0.2) is 0 Å². The van der Waals surface area contributed by atoms with Crippen molar-refractivity contribution in [2.24, 2.45) is 5.92 Å². The minimum atomic E-state index is 0.451. The van der Waals surface area contributed by atoms with E-state index in [9.17, 15) is 0 Å². The molecular weight excluding hydrogens is 202 g/mol. The molecule has 2 unspecified atom stereocenters. The smallest absolute Gasteiger partial charge is 0.0613 e. The molecule has 0 aromatic carbocycles. The molecule has 0 radical (unpaired) electrons. The molecule has 16 heavy (non-hydrogen) atoms. The second-order valence-corrected chi connectivity index (χ2v) is 4.58. The summed E-state index contributed by atoms with van der Waals surface area (Å²) in [4.78, 5) is 0. The Hall–Kier alpha value is -1.13. The van der Waals surface area contributed by atoms with Gasteiger partial charge in [0.15, 0.2) is 0 Å². The van der Waals surface area contributed by atoms with Crippen LogP contribution in [-0.4, -0.2) is 37.0 Å². The van der Waals surface area contributed by atoms with Crippen LogP contribution >= 0.6 is 0 Å². The molecule has 1 aromatic heterocycles. The molecule has 0 saturated carbocycles. The van der Waals surface area contributed by atoms with Crippen molar-refractivity contribution >= 4 is 6.08 Å². The fourth-order valence-electron chi connectivity index (χ4n) is 2.89. The number of piperidine rings is 1. The highest BCUT2D eigenvalue weighted by Gasteiger charge is 2.33. The van der Waals surface area contributed by atoms with Gasteiger partial charge in [-0.3, -0.25) is 5.10 Å². The van der Waals surface area contributed by atoms with Gasteiger partial charge in [-0.05, 0) is 19.0 Å². The van der Waals surface area contributed by atoms with Gasteiger partial charge < -0.3 is 10.1 Å². The van der Waals surface area contributed by atoms with Crippen molar-refractivity contribution in [3.05, 3.63) is 23.0 Å². The molecule has 86 valence electrons. The maximum Gasteiger partial charge on any atom is 0.0613 e. The molecule has 4 nitrogen and oxygen atoms in total. The molecule has 1 aliphatic carbocycles. The molecule has 2 N–H and O–H groups in total. The van der Waals surface area contributed by atoms with Gasteiger partial charge in [-0.2, -0.15) is 5.10 Å². The van der Waals surface area contributed by atoms with Crippen LogP contribution in [0.5, 0.6) is 0 Å². The van der Waals surface area contributed by atoms with E-state index in [0.29, 0.717) is 11.8 Å². The van der Waals surface area contributed by atoms with Crippen LogP contribution in [0.15, 0.2) is 11.8 Å². The second-order valence-electron chi connectivity index (χ2n) is 4.58. The van der Waals surface area contributed by atoms with Crippen LogP contribution < -0.4 is 5.32 Å². The number of fused-ring (bicyclic) bond motifs is 2. The van der Waals surface area contributed by atoms with Gasteiger partial charge in [-0.1, -0.05) is 5.57 Å². The van der Waals surface area contributed by atoms with Crippen molar-refractivity contribution in [2.45, 2.75) is 12.3 Å². The summed E-state index contributed by atoms with van der Waals surface area (Å²) in [5.74, 6) is 1.03. The zero-order chi connectivity index (χ0) is 11.0. The standard InChI is InChI=1S/C12H17N3O/c1-16-7-11-9-5-13-3-2-8(9)4-12-10(11)6-14-15-12/h4,6,9,11,13H,2-3,5,7H2,1H3,(H,14,15). The number of aromatic nitrogens is 2. The molecule has 1 saturated heterocycles. The zero-order valence-electron chi connectivity index (χ0n) is 9.49. The van der Waals surface area contributed by atoms with Crippen molar-refractivity contribution in [3.63, 3.8) is 0 Å². The average molecular weight is 219 g/mol. The first-order valence-corrected chi connectivity index (χ1v) is 5.83. The topological polar surface area (TPSA) is 49.9 Å². The monoisotopic (exact) mass is 219 g/mol. The van der Waals surface area contributed by atoms with Crippen LogP contribution in [0.1, 0.15) is 23.6 Å². The molecule has 0 bridgehead atoms. The molecule has 4 heteroatoms. The van der Waals surface area contributed by atoms with Crippen molar-refractivity contribution in [2.75, 3.05) is 26.8 Å². The van der Waals surface area contributed by atoms with E-state index in [1.165, 1.54) is 16.8 Å². The Morgan fingerprint density at radius 1 is 1.56 bits per heavy atom. The second kappa shape index (κ2) is 4.03. The molecule has 1 fully saturated rings. The lowest BCUT2D eigenvalue weighted by Gasteiger charge is -2.35. The number of H-pyrrole nitrogens is 1. The van der Waals surface area contributed by atoms with E-state index in [4.69, 9.17) is 4.74 Å². The van der Waals surface area contributed by atoms with Crippen LogP contribution in [0.3, 0.4) is 0 Å². The van der Waals surface area contributed by atoms with Crippen LogP contribution in [0.25, 0.3) is 6.08 Å². The highest BCUT2D eigenvalue weighted by Crippen LogP contribution is 2.39. The SMILES string of the molecule is COCC1c2cn[nH]c2C=C2CCNCC21. The van der Waals surface area contributed by atoms with Gasteiger partial charge in [0.05, 0.1) is 18.5 Å². The lowest BCUT2D eigenvalue weighted by atomic mass is 9.75. The van der Waals surface area contributed by atoms with Crippen molar-refractivity contribution in [3.8, 4) is 0 Å². The predicted octanol–water partition coefficient (Wildman–Crippen LogP) is 1.15. The Labute approximate surface area is 95.1 Å². The first-order valence-electron chi connectivity index (χ1n) is 5.83. The molecule has 3 rings (SSSR count). The highest BCUT2D eigenvalue weighted by molar-refractivity contribution is 5.58. The van der Waals surface area contributed by atoms with E-state index in [1.54, 1.807) is 7.11 Å². The summed E-state index contributed by atoms with van der Waals surface area (Å²) in [5, 5.41) is 10.7. The first kappa shape index (κ1) is 10.1. The summed E-state index contributed by atoms with van der Waals surface area (Å²) in [6.07, 6.45) is 5.37. The minimum absolute atomic E-state index is 0.451. The summed E-state index contributed by atoms with van der Waals surface area (Å²) < 4.78 is 5.36. The largest absolute Gasteiger partial charge is 0.384 e. The summed E-state index contributed by atoms with van der Waals surface area (Å²) >= 11 is 0. The fourth-order valence-corrected chi connectivity index (χ4v) is 2.89. The first-order chi connectivity index (χ1) is 7.90. The van der Waals surface area contributed by atoms with E-state index >= 15 is 0 Å². The number of nitrogens with one attached hydrogen (secondary N) is 2. The quantitative estimate of drug-likeness (QED) is 0.784. The van der Waals surface area contributed by atoms with Crippen LogP contribution in [0.4, 0.5) is 0 Å². The Morgan fingerprint density at radius 3 is 3.38 bits per heavy atom. The molecule has 1 aliphatic heterocycles. The Morgan fingerprint density at radius 2 is 2.50 bits per heavy atom. The van der Waals surface area contributed by atoms with Crippen molar-refractivity contribution < 1.29 is 4.74 Å². The van der Waals surface area contributed by atoms with E-state index in [0.717, 1.165) is 26.1 Å². The molecule has 2 atom stereocenters. The van der Waals surface area contributed by atoms with Crippen molar-refractivity contribution in [1.82, 2.24) is 15.5 Å². The lowest BCUT2D eigenvalue weighted by molar-refractivity contribution is 0.157. The van der Waals surface area contributed by atoms with Crippen LogP contribution in [0.2, 0.25) is 0 Å². The Balaban J connectivity index is 2.00. The van der Waals surface area contributed by atoms with Gasteiger partial charge in [-0.15, -0.1) is 0 Å². The third-order valence-corrected chi connectivity index (χ3v) is 3.69. The third-order valence-electron chi connectivity index (χ3n) is 3.69. The molecule has 2 aliphatic rings. The van der Waals surface area contributed by atoms with Crippen LogP contribution in [-0.2, 0) is 4.74 Å². The van der Waals surface area contributed by atoms with Gasteiger partial charge in [0.1, 0.15) is 0 Å². The van der Waals surface area contributed by atoms with E-state index in [2.05, 4.69) is 21.6 Å². The Bertz CT molecular complexity index is 410. The van der Waals surface area contributed by atoms with E-state index in [1.807, 2.05) is 6.20 Å². The molecular formula is C12H17N3O. The number of hydrogen-bond donors (Lipinski definition) is 2. The highest BCUT2D eigenvalue weighted by atomic mass is 16.5. The maximum absolute atomic E-state index is 5.36. The van der Waals surface area contributed by atoms with Crippen LogP contribution in [0, 0.1) is 5.92 Å². The fraction of sp³-hybridized carbons (Fsp3) is 0.583. The molecule has 2 heterocycles. The maximum atomic E-state index is 5.36. The summed E-state index contributed by atoms with van der Waals surface area (Å²) in [6, 6.07) is 0. The molecule has 1 aromatic rings. The molecule has 0 amide bonds. The number of methoxy groups -OCH3 is 1. The summed E-state index contributed by atoms with van der Waals surface area (Å²) in [6.45, 7) is 2.92. The number of hydrogen-bond acceptors (Lipinski definition) is 3. The number of ether oxygens (including phenoxy) is 1. The summed E-state index contributed by atoms with van der Waals surface area (Å²) in [7, 11) is 1.77. The van der Waals surface area contributed by atoms with Gasteiger partial charge in [0.25, 0.3) is 0 Å². The predicted molar refractivity (Wildman–Crippen MR) is 62.2 cm³/mol. The van der Waals surface area contributed by atoms with Crippen molar-refractivity contribution in [1.29, 1.82) is 0 Å². The molecule has 0 spiro atoms. The van der Waals surface area contributed by atoms with E-state index < -0.39 is 0 Å². The zero-order valence-corrected chi connectivity index (χ0v) is 9.49. The van der Waals surface area contributed by atoms with Gasteiger partial charge >= 0.3 is 0 Å². The van der Waals surface area contributed by atoms with Gasteiger partial charge in [0, 0.05) is 31.1 Å². The lowest BCUT2D eigenvalue weighted by Crippen LogP contribution is -2.37. The Kier molecular flexibility index (Phi) is 2.53. The van der Waals surface area contributed by atoms with E-state index in [-0.39, 0.29) is 0 Å². The van der Waals surface area contributed by atoms with Gasteiger partial charge in [0.2, 0.25) is 0 Å².